The molecule has 0 radical (unpaired) electrons. The molecule has 3 N–H and O–H groups in total. The molecule has 4 aliphatic rings. The lowest BCUT2D eigenvalue weighted by Gasteiger charge is -2.43. The van der Waals surface area contributed by atoms with Gasteiger partial charge in [-0.1, -0.05) is 71.1 Å². The van der Waals surface area contributed by atoms with E-state index in [4.69, 9.17) is 28.4 Å². The van der Waals surface area contributed by atoms with Gasteiger partial charge < -0.3 is 53.4 Å². The summed E-state index contributed by atoms with van der Waals surface area (Å²) in [6.07, 6.45) is 4.79. The quantitative estimate of drug-likeness (QED) is 0.0723. The summed E-state index contributed by atoms with van der Waals surface area (Å²) in [6.45, 7) is 10.6. The monoisotopic (exact) mass is 1070 g/mol. The van der Waals surface area contributed by atoms with Crippen molar-refractivity contribution in [1.29, 1.82) is 0 Å². The highest BCUT2D eigenvalue weighted by Crippen LogP contribution is 2.38. The normalized spacial score (nSPS) is 36.9. The smallest absolute Gasteiger partial charge is 0.411 e. The number of ether oxygens (including phenoxy) is 7. The molecular weight excluding hydrogens is 984 g/mol. The molecule has 426 valence electrons. The number of hydrogen-bond acceptors (Lipinski definition) is 15. The zero-order valence-corrected chi connectivity index (χ0v) is 45.6. The number of methoxy groups -OCH3 is 2. The molecule has 15 atom stereocenters. The van der Waals surface area contributed by atoms with Crippen LogP contribution in [-0.4, -0.2) is 164 Å². The van der Waals surface area contributed by atoms with Crippen LogP contribution in [0.2, 0.25) is 0 Å². The zero-order chi connectivity index (χ0) is 55.6. The SMILES string of the molecule is CO[C@@H]1C[C@H](C[C@@H](C)[C@@H]2CC(=O)[C@H](C)/C=C(\C)[C@@H](O)[C@@H](OC)C(=O)[C@H](C)C[C@H](C)\C=C/C=C/C=C(\C)C(OCCOCCOCC(F)(F)F)C[C@@H]3CC[C@@H](C)[C@@](O)(O3)C(=O)C(=O)N3CCCC[C@H]3C(=O)O2)CC[C@H]1O. The fourth-order valence-corrected chi connectivity index (χ4v) is 10.7. The lowest BCUT2D eigenvalue weighted by molar-refractivity contribution is -0.266. The number of fused-ring (bicyclic) bond motifs is 3. The van der Waals surface area contributed by atoms with Crippen LogP contribution in [-0.2, 0) is 57.1 Å². The average Bonchev–Trinajstić information content (AvgIpc) is 3.36. The maximum absolute atomic E-state index is 14.5. The Bertz CT molecular complexity index is 1990. The van der Waals surface area contributed by atoms with Crippen LogP contribution in [0.25, 0.3) is 0 Å². The van der Waals surface area contributed by atoms with Gasteiger partial charge in [0.25, 0.3) is 11.7 Å². The number of amides is 1. The van der Waals surface area contributed by atoms with Gasteiger partial charge in [-0.05, 0) is 107 Å². The van der Waals surface area contributed by atoms with Crippen LogP contribution in [0.4, 0.5) is 13.2 Å². The molecule has 0 spiro atoms. The van der Waals surface area contributed by atoms with Crippen LogP contribution in [0.15, 0.2) is 47.6 Å². The third-order valence-corrected chi connectivity index (χ3v) is 15.4. The molecule has 1 saturated carbocycles. The number of carbonyl (C=O) groups is 5. The van der Waals surface area contributed by atoms with Crippen LogP contribution in [0.3, 0.4) is 0 Å². The molecule has 3 heterocycles. The molecule has 3 aliphatic heterocycles. The summed E-state index contributed by atoms with van der Waals surface area (Å²) >= 11 is 0. The Labute approximate surface area is 441 Å². The number of aliphatic hydroxyl groups is 3. The van der Waals surface area contributed by atoms with Gasteiger partial charge in [0.2, 0.25) is 5.79 Å². The topological polar surface area (TPSA) is 214 Å². The summed E-state index contributed by atoms with van der Waals surface area (Å²) < 4.78 is 77.4. The number of hydrogen-bond donors (Lipinski definition) is 3. The first kappa shape index (κ1) is 63.9. The van der Waals surface area contributed by atoms with Gasteiger partial charge in [-0.25, -0.2) is 4.79 Å². The number of Topliss-reactive ketones (excluding diaryl/α,β-unsaturated/α-hetero) is 3. The fraction of sp³-hybridized carbons (Fsp3) is 0.768. The second kappa shape index (κ2) is 30.5. The minimum absolute atomic E-state index is 0.0191. The van der Waals surface area contributed by atoms with Gasteiger partial charge in [-0.15, -0.1) is 0 Å². The first-order valence-corrected chi connectivity index (χ1v) is 26.9. The second-order valence-electron chi connectivity index (χ2n) is 21.5. The standard InChI is InChI=1S/C56H86F3NO15/c1-34-15-11-10-12-16-35(2)46(73-26-25-71-23-24-72-33-55(57,58)59)31-42-20-18-40(7)56(68,75-42)52(65)53(66)60-22-14-13-17-43(60)54(67)74-47(37(4)29-41-19-21-44(61)48(30-41)69-8)32-45(62)36(3)28-39(6)50(64)51(70-9)49(63)38(5)27-34/h10-12,15-16,28,34,36-38,40-44,46-48,50-51,61,64,68H,13-14,17-27,29-33H2,1-9H3/b12-10+,15-11-,35-16+,39-28+/t34-,36-,37-,38-,40-,41+,42+,43+,44-,46?,47+,48-,50-,51+,56-/m1/s1. The van der Waals surface area contributed by atoms with Gasteiger partial charge in [0.05, 0.1) is 50.8 Å². The summed E-state index contributed by atoms with van der Waals surface area (Å²) in [7, 11) is 2.89. The summed E-state index contributed by atoms with van der Waals surface area (Å²) in [5, 5.41) is 34.1. The van der Waals surface area contributed by atoms with Crippen molar-refractivity contribution in [2.24, 2.45) is 35.5 Å². The van der Waals surface area contributed by atoms with Crippen LogP contribution >= 0.6 is 0 Å². The lowest BCUT2D eigenvalue weighted by Crippen LogP contribution is -2.61. The van der Waals surface area contributed by atoms with Gasteiger partial charge in [-0.2, -0.15) is 13.2 Å². The van der Waals surface area contributed by atoms with Crippen LogP contribution < -0.4 is 0 Å². The van der Waals surface area contributed by atoms with Crippen LogP contribution in [0.1, 0.15) is 126 Å². The van der Waals surface area contributed by atoms with Gasteiger partial charge in [0.15, 0.2) is 5.78 Å². The van der Waals surface area contributed by atoms with E-state index in [1.807, 2.05) is 39.0 Å². The molecule has 0 aromatic rings. The number of esters is 1. The number of ketones is 3. The maximum atomic E-state index is 14.5. The number of alkyl halides is 3. The zero-order valence-electron chi connectivity index (χ0n) is 45.6. The molecular formula is C56H86F3NO15. The Morgan fingerprint density at radius 3 is 2.24 bits per heavy atom. The molecule has 2 saturated heterocycles. The number of rotatable bonds is 13. The Morgan fingerprint density at radius 2 is 1.55 bits per heavy atom. The molecule has 2 bridgehead atoms. The van der Waals surface area contributed by atoms with E-state index in [0.29, 0.717) is 63.4 Å². The van der Waals surface area contributed by atoms with Crippen LogP contribution in [0.5, 0.6) is 0 Å². The highest BCUT2D eigenvalue weighted by Gasteiger charge is 2.53. The minimum Gasteiger partial charge on any atom is -0.460 e. The average molecular weight is 1070 g/mol. The van der Waals surface area contributed by atoms with E-state index in [1.165, 1.54) is 7.11 Å². The highest BCUT2D eigenvalue weighted by molar-refractivity contribution is 6.39. The predicted molar refractivity (Wildman–Crippen MR) is 272 cm³/mol. The van der Waals surface area contributed by atoms with Gasteiger partial charge in [-0.3, -0.25) is 19.2 Å². The lowest BCUT2D eigenvalue weighted by atomic mass is 9.78. The molecule has 4 rings (SSSR count). The number of allylic oxidation sites excluding steroid dienone is 6. The van der Waals surface area contributed by atoms with Crippen molar-refractivity contribution >= 4 is 29.2 Å². The van der Waals surface area contributed by atoms with Crippen molar-refractivity contribution in [3.05, 3.63) is 47.6 Å². The van der Waals surface area contributed by atoms with E-state index in [1.54, 1.807) is 53.0 Å². The predicted octanol–water partition coefficient (Wildman–Crippen LogP) is 7.15. The molecule has 0 aromatic carbocycles. The summed E-state index contributed by atoms with van der Waals surface area (Å²) in [6, 6.07) is -1.22. The first-order chi connectivity index (χ1) is 35.4. The van der Waals surface area contributed by atoms with Crippen molar-refractivity contribution in [2.75, 3.05) is 53.8 Å². The maximum Gasteiger partial charge on any atom is 0.411 e. The Hall–Kier alpha value is -3.66. The van der Waals surface area contributed by atoms with Gasteiger partial charge >= 0.3 is 12.1 Å². The Kier molecular flexibility index (Phi) is 26.0. The highest BCUT2D eigenvalue weighted by atomic mass is 19.4. The fourth-order valence-electron chi connectivity index (χ4n) is 10.7. The summed E-state index contributed by atoms with van der Waals surface area (Å²) in [5.41, 5.74) is 1.07. The van der Waals surface area contributed by atoms with Crippen molar-refractivity contribution in [3.63, 3.8) is 0 Å². The molecule has 0 aromatic heterocycles. The van der Waals surface area contributed by atoms with E-state index >= 15 is 0 Å². The molecule has 16 nitrogen and oxygen atoms in total. The molecule has 3 fully saturated rings. The number of piperidine rings is 1. The number of nitrogens with zero attached hydrogens (tertiary/aromatic N) is 1. The third-order valence-electron chi connectivity index (χ3n) is 15.4. The molecule has 1 amide bonds. The summed E-state index contributed by atoms with van der Waals surface area (Å²) in [5.74, 6) is -8.80. The van der Waals surface area contributed by atoms with Gasteiger partial charge in [0.1, 0.15) is 36.7 Å². The largest absolute Gasteiger partial charge is 0.460 e. The number of cyclic esters (lactones) is 1. The Morgan fingerprint density at radius 1 is 0.840 bits per heavy atom. The molecule has 19 heteroatoms. The van der Waals surface area contributed by atoms with E-state index in [-0.39, 0.29) is 87.7 Å². The Balaban J connectivity index is 1.68. The third kappa shape index (κ3) is 19.3. The first-order valence-electron chi connectivity index (χ1n) is 26.9. The van der Waals surface area contributed by atoms with Crippen molar-refractivity contribution < 1.29 is 85.6 Å². The number of halogens is 3. The van der Waals surface area contributed by atoms with Crippen molar-refractivity contribution in [1.82, 2.24) is 4.90 Å². The summed E-state index contributed by atoms with van der Waals surface area (Å²) in [4.78, 5) is 72.4. The molecule has 1 unspecified atom stereocenters. The minimum atomic E-state index is -4.46. The van der Waals surface area contributed by atoms with Crippen molar-refractivity contribution in [3.8, 4) is 0 Å². The van der Waals surface area contributed by atoms with Gasteiger partial charge in [0, 0.05) is 51.4 Å². The van der Waals surface area contributed by atoms with Crippen molar-refractivity contribution in [2.45, 2.75) is 186 Å². The number of carbonyl (C=O) groups excluding carboxylic acids is 5. The van der Waals surface area contributed by atoms with E-state index in [0.717, 1.165) is 10.5 Å². The second-order valence-corrected chi connectivity index (χ2v) is 21.5. The van der Waals surface area contributed by atoms with Crippen LogP contribution in [0, 0.1) is 35.5 Å². The molecule has 75 heavy (non-hydrogen) atoms. The van der Waals surface area contributed by atoms with E-state index in [9.17, 15) is 52.5 Å². The molecule has 1 aliphatic carbocycles. The van der Waals surface area contributed by atoms with E-state index in [2.05, 4.69) is 4.74 Å². The number of aliphatic hydroxyl groups excluding tert-OH is 2. The van der Waals surface area contributed by atoms with E-state index < -0.39 is 96.6 Å².